The van der Waals surface area contributed by atoms with Crippen LogP contribution in [0, 0.1) is 0 Å². The molecule has 2 aliphatic heterocycles. The number of urea groups is 1. The van der Waals surface area contributed by atoms with Gasteiger partial charge in [0.15, 0.2) is 0 Å². The molecule has 0 spiro atoms. The van der Waals surface area contributed by atoms with Crippen LogP contribution in [0.15, 0.2) is 46.9 Å². The summed E-state index contributed by atoms with van der Waals surface area (Å²) in [5.74, 6) is 0.203. The maximum atomic E-state index is 13.2. The Morgan fingerprint density at radius 1 is 1.06 bits per heavy atom. The van der Waals surface area contributed by atoms with Crippen molar-refractivity contribution in [3.8, 4) is 0 Å². The number of hydrogen-bond donors (Lipinski definition) is 2. The maximum Gasteiger partial charge on any atom is 0.322 e. The molecule has 2 aromatic carbocycles. The number of rotatable bonds is 4. The monoisotopic (exact) mass is 500 g/mol. The normalized spacial score (nSPS) is 23.0. The second-order valence-electron chi connectivity index (χ2n) is 8.70. The SMILES string of the molecule is CO[C@@H]1C[C@H](C(=O)Nc2ccc3c(c2)C(C)CN(C)C3)N(C(=O)Nc2ccc(Br)cc2)C1. The lowest BCUT2D eigenvalue weighted by Crippen LogP contribution is -2.45. The summed E-state index contributed by atoms with van der Waals surface area (Å²) >= 11 is 3.39. The molecule has 32 heavy (non-hydrogen) atoms. The predicted octanol–water partition coefficient (Wildman–Crippen LogP) is 4.26. The van der Waals surface area contributed by atoms with E-state index in [2.05, 4.69) is 57.6 Å². The lowest BCUT2D eigenvalue weighted by Gasteiger charge is -2.30. The van der Waals surface area contributed by atoms with Crippen molar-refractivity contribution < 1.29 is 14.3 Å². The zero-order valence-corrected chi connectivity index (χ0v) is 20.2. The molecule has 1 fully saturated rings. The number of nitrogens with zero attached hydrogens (tertiary/aromatic N) is 2. The van der Waals surface area contributed by atoms with E-state index >= 15 is 0 Å². The van der Waals surface area contributed by atoms with Crippen LogP contribution in [0.2, 0.25) is 0 Å². The Bertz CT molecular complexity index is 997. The fraction of sp³-hybridized carbons (Fsp3) is 0.417. The van der Waals surface area contributed by atoms with Crippen LogP contribution in [0.3, 0.4) is 0 Å². The number of likely N-dealkylation sites (N-methyl/N-ethyl adjacent to an activating group) is 1. The van der Waals surface area contributed by atoms with Gasteiger partial charge in [-0.15, -0.1) is 0 Å². The van der Waals surface area contributed by atoms with E-state index in [1.165, 1.54) is 11.1 Å². The first-order chi connectivity index (χ1) is 15.3. The quantitative estimate of drug-likeness (QED) is 0.657. The molecule has 0 saturated carbocycles. The van der Waals surface area contributed by atoms with Crippen molar-refractivity contribution in [2.24, 2.45) is 0 Å². The van der Waals surface area contributed by atoms with Crippen LogP contribution < -0.4 is 10.6 Å². The summed E-state index contributed by atoms with van der Waals surface area (Å²) in [7, 11) is 3.73. The van der Waals surface area contributed by atoms with Crippen molar-refractivity contribution in [2.45, 2.75) is 38.0 Å². The molecule has 1 unspecified atom stereocenters. The predicted molar refractivity (Wildman–Crippen MR) is 129 cm³/mol. The van der Waals surface area contributed by atoms with E-state index < -0.39 is 6.04 Å². The Kier molecular flexibility index (Phi) is 6.83. The molecule has 2 N–H and O–H groups in total. The van der Waals surface area contributed by atoms with E-state index in [1.54, 1.807) is 12.0 Å². The van der Waals surface area contributed by atoms with Gasteiger partial charge in [-0.3, -0.25) is 4.79 Å². The third-order valence-electron chi connectivity index (χ3n) is 6.23. The lowest BCUT2D eigenvalue weighted by atomic mass is 9.91. The Balaban J connectivity index is 1.48. The lowest BCUT2D eigenvalue weighted by molar-refractivity contribution is -0.119. The molecule has 3 amide bonds. The van der Waals surface area contributed by atoms with Crippen molar-refractivity contribution in [1.82, 2.24) is 9.80 Å². The average Bonchev–Trinajstić information content (AvgIpc) is 3.21. The summed E-state index contributed by atoms with van der Waals surface area (Å²) in [4.78, 5) is 30.0. The molecule has 2 aliphatic rings. The molecule has 3 atom stereocenters. The first kappa shape index (κ1) is 22.8. The molecule has 0 aromatic heterocycles. The maximum absolute atomic E-state index is 13.2. The van der Waals surface area contributed by atoms with Crippen molar-refractivity contribution in [2.75, 3.05) is 37.9 Å². The highest BCUT2D eigenvalue weighted by molar-refractivity contribution is 9.10. The number of carbonyl (C=O) groups is 2. The van der Waals surface area contributed by atoms with E-state index in [9.17, 15) is 9.59 Å². The van der Waals surface area contributed by atoms with Gasteiger partial charge in [0.2, 0.25) is 5.91 Å². The minimum atomic E-state index is -0.602. The topological polar surface area (TPSA) is 73.9 Å². The number of methoxy groups -OCH3 is 1. The zero-order chi connectivity index (χ0) is 22.8. The molecule has 0 radical (unpaired) electrons. The number of nitrogens with one attached hydrogen (secondary N) is 2. The summed E-state index contributed by atoms with van der Waals surface area (Å²) in [6.45, 7) is 4.47. The number of halogens is 1. The van der Waals surface area contributed by atoms with Crippen LogP contribution in [0.25, 0.3) is 0 Å². The van der Waals surface area contributed by atoms with Crippen LogP contribution >= 0.6 is 15.9 Å². The van der Waals surface area contributed by atoms with Gasteiger partial charge in [-0.1, -0.05) is 28.9 Å². The van der Waals surface area contributed by atoms with Crippen LogP contribution in [0.5, 0.6) is 0 Å². The molecular formula is C24H29BrN4O3. The number of amides is 3. The molecule has 170 valence electrons. The molecule has 2 aromatic rings. The summed E-state index contributed by atoms with van der Waals surface area (Å²) < 4.78 is 6.40. The minimum Gasteiger partial charge on any atom is -0.380 e. The Morgan fingerprint density at radius 2 is 1.78 bits per heavy atom. The van der Waals surface area contributed by atoms with Gasteiger partial charge in [0.1, 0.15) is 6.04 Å². The van der Waals surface area contributed by atoms with Gasteiger partial charge >= 0.3 is 6.03 Å². The molecular weight excluding hydrogens is 472 g/mol. The summed E-state index contributed by atoms with van der Waals surface area (Å²) in [5, 5.41) is 5.91. The highest BCUT2D eigenvalue weighted by Crippen LogP contribution is 2.30. The molecule has 8 heteroatoms. The van der Waals surface area contributed by atoms with E-state index in [0.29, 0.717) is 24.6 Å². The molecule has 4 rings (SSSR count). The second kappa shape index (κ2) is 9.60. The van der Waals surface area contributed by atoms with Crippen LogP contribution in [0.4, 0.5) is 16.2 Å². The van der Waals surface area contributed by atoms with Gasteiger partial charge < -0.3 is 25.2 Å². The van der Waals surface area contributed by atoms with Gasteiger partial charge in [-0.05, 0) is 60.5 Å². The Hall–Kier alpha value is -2.42. The van der Waals surface area contributed by atoms with Crippen molar-refractivity contribution in [3.05, 3.63) is 58.1 Å². The largest absolute Gasteiger partial charge is 0.380 e. The number of benzene rings is 2. The average molecular weight is 501 g/mol. The number of carbonyl (C=O) groups excluding carboxylic acids is 2. The fourth-order valence-corrected chi connectivity index (χ4v) is 4.86. The van der Waals surface area contributed by atoms with E-state index in [1.807, 2.05) is 30.3 Å². The standard InChI is InChI=1S/C24H29BrN4O3/c1-15-12-28(2)13-16-4-7-19(10-21(15)16)26-23(30)22-11-20(32-3)14-29(22)24(31)27-18-8-5-17(25)6-9-18/h4-10,15,20,22H,11-14H2,1-3H3,(H,26,30)(H,27,31)/t15?,20-,22-/m1/s1. The molecule has 0 bridgehead atoms. The van der Waals surface area contributed by atoms with E-state index in [-0.39, 0.29) is 18.0 Å². The van der Waals surface area contributed by atoms with Gasteiger partial charge in [-0.25, -0.2) is 4.79 Å². The summed E-state index contributed by atoms with van der Waals surface area (Å²) in [6, 6.07) is 12.5. The number of ether oxygens (including phenoxy) is 1. The number of anilines is 2. The van der Waals surface area contributed by atoms with Gasteiger partial charge in [0, 0.05) is 49.0 Å². The first-order valence-corrected chi connectivity index (χ1v) is 11.6. The van der Waals surface area contributed by atoms with Crippen molar-refractivity contribution in [3.63, 3.8) is 0 Å². The molecule has 7 nitrogen and oxygen atoms in total. The summed E-state index contributed by atoms with van der Waals surface area (Å²) in [5.41, 5.74) is 4.00. The summed E-state index contributed by atoms with van der Waals surface area (Å²) in [6.07, 6.45) is 0.280. The Labute approximate surface area is 197 Å². The highest BCUT2D eigenvalue weighted by atomic mass is 79.9. The van der Waals surface area contributed by atoms with E-state index in [4.69, 9.17) is 4.74 Å². The van der Waals surface area contributed by atoms with Crippen molar-refractivity contribution >= 4 is 39.2 Å². The molecule has 1 saturated heterocycles. The van der Waals surface area contributed by atoms with E-state index in [0.717, 1.165) is 23.2 Å². The van der Waals surface area contributed by atoms with Crippen LogP contribution in [-0.2, 0) is 16.1 Å². The minimum absolute atomic E-state index is 0.180. The van der Waals surface area contributed by atoms with Crippen molar-refractivity contribution in [1.29, 1.82) is 0 Å². The number of likely N-dealkylation sites (tertiary alicyclic amines) is 1. The highest BCUT2D eigenvalue weighted by Gasteiger charge is 2.40. The number of hydrogen-bond acceptors (Lipinski definition) is 4. The third-order valence-corrected chi connectivity index (χ3v) is 6.75. The molecule has 2 heterocycles. The smallest absolute Gasteiger partial charge is 0.322 e. The molecule has 0 aliphatic carbocycles. The zero-order valence-electron chi connectivity index (χ0n) is 18.6. The van der Waals surface area contributed by atoms with Gasteiger partial charge in [-0.2, -0.15) is 0 Å². The van der Waals surface area contributed by atoms with Crippen LogP contribution in [-0.4, -0.2) is 61.1 Å². The number of fused-ring (bicyclic) bond motifs is 1. The fourth-order valence-electron chi connectivity index (χ4n) is 4.59. The first-order valence-electron chi connectivity index (χ1n) is 10.8. The third kappa shape index (κ3) is 4.98. The van der Waals surface area contributed by atoms with Crippen LogP contribution in [0.1, 0.15) is 30.4 Å². The Morgan fingerprint density at radius 3 is 2.50 bits per heavy atom. The second-order valence-corrected chi connectivity index (χ2v) is 9.61. The van der Waals surface area contributed by atoms with Gasteiger partial charge in [0.25, 0.3) is 0 Å². The van der Waals surface area contributed by atoms with Gasteiger partial charge in [0.05, 0.1) is 6.10 Å².